The van der Waals surface area contributed by atoms with Crippen molar-refractivity contribution in [1.29, 1.82) is 0 Å². The highest BCUT2D eigenvalue weighted by Gasteiger charge is 2.46. The van der Waals surface area contributed by atoms with Crippen molar-refractivity contribution in [2.75, 3.05) is 7.11 Å². The van der Waals surface area contributed by atoms with E-state index in [1.807, 2.05) is 6.08 Å². The Kier molecular flexibility index (Phi) is 1.90. The minimum Gasteiger partial charge on any atom is -0.377 e. The van der Waals surface area contributed by atoms with Crippen LogP contribution in [0.15, 0.2) is 23.8 Å². The topological polar surface area (TPSA) is 26.3 Å². The van der Waals surface area contributed by atoms with Gasteiger partial charge in [-0.25, -0.2) is 0 Å². The zero-order chi connectivity index (χ0) is 10.5. The van der Waals surface area contributed by atoms with E-state index in [2.05, 4.69) is 12.2 Å². The Labute approximate surface area is 90.0 Å². The second-order valence-electron chi connectivity index (χ2n) is 4.93. The van der Waals surface area contributed by atoms with Crippen molar-refractivity contribution < 1.29 is 9.53 Å². The van der Waals surface area contributed by atoms with Crippen LogP contribution in [0.3, 0.4) is 0 Å². The van der Waals surface area contributed by atoms with E-state index < -0.39 is 0 Å². The van der Waals surface area contributed by atoms with E-state index in [0.29, 0.717) is 0 Å². The standard InChI is InChI=1S/C13H16O2/c1-15-12-4-7-13-5-2-9(3-6-13)11(14)8-10(12)13/h2,5,8-9,12H,3-4,6-7H2,1H3/t9-,12+,13+/m1/s1. The maximum atomic E-state index is 11.9. The smallest absolute Gasteiger partial charge is 0.162 e. The molecule has 0 heterocycles. The first-order chi connectivity index (χ1) is 7.25. The van der Waals surface area contributed by atoms with E-state index in [4.69, 9.17) is 4.74 Å². The molecule has 0 amide bonds. The van der Waals surface area contributed by atoms with E-state index in [1.54, 1.807) is 7.11 Å². The highest BCUT2D eigenvalue weighted by molar-refractivity contribution is 5.95. The Morgan fingerprint density at radius 3 is 2.87 bits per heavy atom. The molecule has 2 heteroatoms. The fraction of sp³-hybridized carbons (Fsp3) is 0.615. The third kappa shape index (κ3) is 1.18. The molecule has 0 saturated heterocycles. The lowest BCUT2D eigenvalue weighted by atomic mass is 9.74. The molecule has 0 aliphatic heterocycles. The SMILES string of the molecule is CO[C@H]1CC[C@]23C=C[C@H](CC2)C(=O)C=C13. The number of rotatable bonds is 1. The molecule has 80 valence electrons. The van der Waals surface area contributed by atoms with Gasteiger partial charge < -0.3 is 4.74 Å². The Bertz CT molecular complexity index is 367. The van der Waals surface area contributed by atoms with Crippen LogP contribution < -0.4 is 0 Å². The molecule has 0 radical (unpaired) electrons. The Morgan fingerprint density at radius 1 is 1.40 bits per heavy atom. The lowest BCUT2D eigenvalue weighted by molar-refractivity contribution is -0.117. The van der Waals surface area contributed by atoms with Gasteiger partial charge in [-0.2, -0.15) is 0 Å². The average molecular weight is 204 g/mol. The molecule has 1 saturated carbocycles. The summed E-state index contributed by atoms with van der Waals surface area (Å²) in [6, 6.07) is 0. The van der Waals surface area contributed by atoms with Crippen LogP contribution in [-0.2, 0) is 9.53 Å². The van der Waals surface area contributed by atoms with Gasteiger partial charge in [-0.1, -0.05) is 12.2 Å². The molecule has 1 spiro atoms. The lowest BCUT2D eigenvalue weighted by Crippen LogP contribution is -2.21. The number of carbonyl (C=O) groups excluding carboxylic acids is 1. The second-order valence-corrected chi connectivity index (χ2v) is 4.93. The van der Waals surface area contributed by atoms with Crippen molar-refractivity contribution in [2.24, 2.45) is 11.3 Å². The van der Waals surface area contributed by atoms with Gasteiger partial charge >= 0.3 is 0 Å². The molecule has 3 atom stereocenters. The quantitative estimate of drug-likeness (QED) is 0.612. The summed E-state index contributed by atoms with van der Waals surface area (Å²) in [4.78, 5) is 11.9. The van der Waals surface area contributed by atoms with E-state index in [-0.39, 0.29) is 23.2 Å². The molecule has 0 aromatic heterocycles. The average Bonchev–Trinajstić information content (AvgIpc) is 2.44. The molecule has 0 unspecified atom stereocenters. The number of hydrogen-bond acceptors (Lipinski definition) is 2. The Balaban J connectivity index is 2.10. The maximum Gasteiger partial charge on any atom is 0.162 e. The minimum absolute atomic E-state index is 0.145. The second kappa shape index (κ2) is 3.05. The van der Waals surface area contributed by atoms with Gasteiger partial charge in [0.05, 0.1) is 6.10 Å². The van der Waals surface area contributed by atoms with Gasteiger partial charge in [-0.05, 0) is 37.3 Å². The van der Waals surface area contributed by atoms with Crippen molar-refractivity contribution >= 4 is 5.78 Å². The molecule has 0 aromatic carbocycles. The van der Waals surface area contributed by atoms with Crippen LogP contribution in [0.1, 0.15) is 25.7 Å². The normalized spacial score (nSPS) is 42.7. The third-order valence-electron chi connectivity index (χ3n) is 4.27. The number of methoxy groups -OCH3 is 1. The molecule has 4 aliphatic rings. The first-order valence-corrected chi connectivity index (χ1v) is 5.73. The van der Waals surface area contributed by atoms with E-state index >= 15 is 0 Å². The van der Waals surface area contributed by atoms with E-state index in [9.17, 15) is 4.79 Å². The first-order valence-electron chi connectivity index (χ1n) is 5.73. The molecule has 2 bridgehead atoms. The number of ether oxygens (including phenoxy) is 1. The van der Waals surface area contributed by atoms with Crippen molar-refractivity contribution in [3.63, 3.8) is 0 Å². The maximum absolute atomic E-state index is 11.9. The van der Waals surface area contributed by atoms with Gasteiger partial charge in [0, 0.05) is 18.4 Å². The molecule has 2 nitrogen and oxygen atoms in total. The van der Waals surface area contributed by atoms with Gasteiger partial charge in [0.2, 0.25) is 0 Å². The van der Waals surface area contributed by atoms with Gasteiger partial charge in [0.1, 0.15) is 0 Å². The first kappa shape index (κ1) is 9.34. The summed E-state index contributed by atoms with van der Waals surface area (Å²) in [5.74, 6) is 0.427. The van der Waals surface area contributed by atoms with Crippen LogP contribution in [0.5, 0.6) is 0 Å². The summed E-state index contributed by atoms with van der Waals surface area (Å²) in [7, 11) is 1.75. The van der Waals surface area contributed by atoms with Gasteiger partial charge in [-0.3, -0.25) is 4.79 Å². The number of carbonyl (C=O) groups is 1. The summed E-state index contributed by atoms with van der Waals surface area (Å²) in [5, 5.41) is 0. The fourth-order valence-electron chi connectivity index (χ4n) is 3.33. The van der Waals surface area contributed by atoms with Crippen LogP contribution in [0.4, 0.5) is 0 Å². The summed E-state index contributed by atoms with van der Waals surface area (Å²) in [6.07, 6.45) is 10.8. The predicted molar refractivity (Wildman–Crippen MR) is 57.4 cm³/mol. The van der Waals surface area contributed by atoms with Crippen LogP contribution in [-0.4, -0.2) is 19.0 Å². The molecular weight excluding hydrogens is 188 g/mol. The van der Waals surface area contributed by atoms with Crippen LogP contribution in [0.2, 0.25) is 0 Å². The third-order valence-corrected chi connectivity index (χ3v) is 4.27. The molecule has 4 aliphatic carbocycles. The highest BCUT2D eigenvalue weighted by atomic mass is 16.5. The number of hydrogen-bond donors (Lipinski definition) is 0. The van der Waals surface area contributed by atoms with Crippen molar-refractivity contribution in [1.82, 2.24) is 0 Å². The summed E-state index contributed by atoms with van der Waals surface area (Å²) < 4.78 is 5.48. The number of allylic oxidation sites excluding steroid dienone is 3. The number of ketones is 1. The van der Waals surface area contributed by atoms with Gasteiger partial charge in [0.25, 0.3) is 0 Å². The van der Waals surface area contributed by atoms with E-state index in [0.717, 1.165) is 25.7 Å². The largest absolute Gasteiger partial charge is 0.377 e. The Hall–Kier alpha value is -0.890. The summed E-state index contributed by atoms with van der Waals surface area (Å²) in [6.45, 7) is 0. The predicted octanol–water partition coefficient (Wildman–Crippen LogP) is 2.26. The Morgan fingerprint density at radius 2 is 2.20 bits per heavy atom. The van der Waals surface area contributed by atoms with Crippen LogP contribution in [0, 0.1) is 11.3 Å². The van der Waals surface area contributed by atoms with Crippen molar-refractivity contribution in [2.45, 2.75) is 31.8 Å². The summed E-state index contributed by atoms with van der Waals surface area (Å²) >= 11 is 0. The highest BCUT2D eigenvalue weighted by Crippen LogP contribution is 2.53. The van der Waals surface area contributed by atoms with Gasteiger partial charge in [0.15, 0.2) is 5.78 Å². The molecule has 0 N–H and O–H groups in total. The van der Waals surface area contributed by atoms with Gasteiger partial charge in [-0.15, -0.1) is 0 Å². The molecule has 1 fully saturated rings. The molecule has 15 heavy (non-hydrogen) atoms. The lowest BCUT2D eigenvalue weighted by Gasteiger charge is -2.30. The molecular formula is C13H16O2. The number of fused-ring (bicyclic) bond motifs is 2. The zero-order valence-electron chi connectivity index (χ0n) is 9.03. The summed E-state index contributed by atoms with van der Waals surface area (Å²) in [5.41, 5.74) is 1.41. The minimum atomic E-state index is 0.145. The molecule has 4 rings (SSSR count). The van der Waals surface area contributed by atoms with Crippen LogP contribution >= 0.6 is 0 Å². The van der Waals surface area contributed by atoms with Crippen LogP contribution in [0.25, 0.3) is 0 Å². The monoisotopic (exact) mass is 204 g/mol. The molecule has 0 aromatic rings. The van der Waals surface area contributed by atoms with Crippen molar-refractivity contribution in [3.8, 4) is 0 Å². The zero-order valence-corrected chi connectivity index (χ0v) is 9.03. The van der Waals surface area contributed by atoms with Crippen molar-refractivity contribution in [3.05, 3.63) is 23.8 Å². The fourth-order valence-corrected chi connectivity index (χ4v) is 3.33. The van der Waals surface area contributed by atoms with E-state index in [1.165, 1.54) is 5.57 Å².